The summed E-state index contributed by atoms with van der Waals surface area (Å²) in [6.45, 7) is 8.97. The SMILES string of the molecule is Cc1cc(-c2c3ccc4c(-n5c6ccccc6c6ccccc65)cccc4c3cc[n+]2C)c(C)c(C)c1C. The lowest BCUT2D eigenvalue weighted by molar-refractivity contribution is -0.659. The highest BCUT2D eigenvalue weighted by Gasteiger charge is 2.21. The minimum atomic E-state index is 1.22. The highest BCUT2D eigenvalue weighted by Crippen LogP contribution is 2.38. The number of fused-ring (bicyclic) bond motifs is 6. The van der Waals surface area contributed by atoms with Gasteiger partial charge in [0.1, 0.15) is 7.05 Å². The molecule has 0 aliphatic heterocycles. The Balaban J connectivity index is 1.57. The maximum absolute atomic E-state index is 2.43. The smallest absolute Gasteiger partial charge is 0.220 e. The fourth-order valence-electron chi connectivity index (χ4n) is 6.37. The van der Waals surface area contributed by atoms with E-state index >= 15 is 0 Å². The maximum Gasteiger partial charge on any atom is 0.220 e. The molecule has 0 fully saturated rings. The normalized spacial score (nSPS) is 11.8. The Bertz CT molecular complexity index is 2020. The fraction of sp³-hybridized carbons (Fsp3) is 0.139. The topological polar surface area (TPSA) is 8.81 Å². The summed E-state index contributed by atoms with van der Waals surface area (Å²) in [5.74, 6) is 0. The highest BCUT2D eigenvalue weighted by molar-refractivity contribution is 6.15. The molecule has 7 aromatic rings. The van der Waals surface area contributed by atoms with Gasteiger partial charge in [-0.2, -0.15) is 0 Å². The Kier molecular flexibility index (Phi) is 4.96. The first kappa shape index (κ1) is 22.7. The Morgan fingerprint density at radius 3 is 1.84 bits per heavy atom. The first-order valence-electron chi connectivity index (χ1n) is 13.4. The van der Waals surface area contributed by atoms with Crippen LogP contribution in [-0.4, -0.2) is 4.57 Å². The molecule has 0 N–H and O–H groups in total. The van der Waals surface area contributed by atoms with Crippen molar-refractivity contribution in [1.29, 1.82) is 0 Å². The van der Waals surface area contributed by atoms with Gasteiger partial charge < -0.3 is 4.57 Å². The first-order chi connectivity index (χ1) is 18.5. The molecule has 5 aromatic carbocycles. The van der Waals surface area contributed by atoms with E-state index in [-0.39, 0.29) is 0 Å². The van der Waals surface area contributed by atoms with Crippen molar-refractivity contribution < 1.29 is 4.57 Å². The van der Waals surface area contributed by atoms with Gasteiger partial charge in [-0.25, -0.2) is 4.57 Å². The molecular weight excluding hydrogens is 460 g/mol. The predicted molar refractivity (Wildman–Crippen MR) is 161 cm³/mol. The molecular formula is C36H31N2+. The monoisotopic (exact) mass is 491 g/mol. The van der Waals surface area contributed by atoms with Crippen molar-refractivity contribution >= 4 is 43.4 Å². The van der Waals surface area contributed by atoms with E-state index in [1.807, 2.05) is 0 Å². The van der Waals surface area contributed by atoms with Crippen LogP contribution < -0.4 is 4.57 Å². The zero-order valence-corrected chi connectivity index (χ0v) is 22.6. The predicted octanol–water partition coefficient (Wildman–Crippen LogP) is 8.82. The third kappa shape index (κ3) is 3.10. The molecule has 0 unspecified atom stereocenters. The number of benzene rings is 5. The number of rotatable bonds is 2. The van der Waals surface area contributed by atoms with Crippen LogP contribution in [0.2, 0.25) is 0 Å². The van der Waals surface area contributed by atoms with Crippen LogP contribution in [0.1, 0.15) is 22.3 Å². The molecule has 0 radical (unpaired) electrons. The maximum atomic E-state index is 2.43. The summed E-state index contributed by atoms with van der Waals surface area (Å²) < 4.78 is 4.71. The minimum Gasteiger partial charge on any atom is -0.309 e. The molecule has 38 heavy (non-hydrogen) atoms. The second-order valence-electron chi connectivity index (χ2n) is 10.7. The third-order valence-electron chi connectivity index (χ3n) is 8.71. The van der Waals surface area contributed by atoms with Crippen molar-refractivity contribution in [2.75, 3.05) is 0 Å². The van der Waals surface area contributed by atoms with E-state index in [0.29, 0.717) is 0 Å². The van der Waals surface area contributed by atoms with E-state index in [1.165, 1.54) is 82.5 Å². The number of hydrogen-bond donors (Lipinski definition) is 0. The summed E-state index contributed by atoms with van der Waals surface area (Å²) >= 11 is 0. The van der Waals surface area contributed by atoms with Crippen molar-refractivity contribution in [3.63, 3.8) is 0 Å². The van der Waals surface area contributed by atoms with Gasteiger partial charge in [-0.1, -0.05) is 54.6 Å². The van der Waals surface area contributed by atoms with Crippen LogP contribution in [0, 0.1) is 27.7 Å². The van der Waals surface area contributed by atoms with E-state index in [1.54, 1.807) is 0 Å². The summed E-state index contributed by atoms with van der Waals surface area (Å²) in [6.07, 6.45) is 2.22. The molecule has 0 amide bonds. The summed E-state index contributed by atoms with van der Waals surface area (Å²) in [5, 5.41) is 7.69. The molecule has 0 bridgehead atoms. The van der Waals surface area contributed by atoms with Gasteiger partial charge in [-0.3, -0.25) is 0 Å². The zero-order valence-electron chi connectivity index (χ0n) is 22.6. The van der Waals surface area contributed by atoms with Crippen LogP contribution in [0.3, 0.4) is 0 Å². The molecule has 0 saturated carbocycles. The number of nitrogens with zero attached hydrogens (tertiary/aromatic N) is 2. The van der Waals surface area contributed by atoms with Crippen LogP contribution >= 0.6 is 0 Å². The molecule has 2 aromatic heterocycles. The van der Waals surface area contributed by atoms with E-state index in [9.17, 15) is 0 Å². The van der Waals surface area contributed by atoms with Crippen LogP contribution in [0.15, 0.2) is 97.2 Å². The van der Waals surface area contributed by atoms with Crippen LogP contribution in [0.5, 0.6) is 0 Å². The lowest BCUT2D eigenvalue weighted by atomic mass is 9.90. The standard InChI is InChI=1S/C36H31N2/c1-22-21-32(25(4)24(3)23(22)2)36-31-18-17-30-26(27(31)19-20-37(36)5)13-10-16-35(30)38-33-14-8-6-11-28(33)29-12-7-9-15-34(29)38/h6-21H,1-5H3/q+1. The number of aryl methyl sites for hydroxylation is 2. The third-order valence-corrected chi connectivity index (χ3v) is 8.71. The Morgan fingerprint density at radius 2 is 1.13 bits per heavy atom. The second-order valence-corrected chi connectivity index (χ2v) is 10.7. The average molecular weight is 492 g/mol. The minimum absolute atomic E-state index is 1.22. The largest absolute Gasteiger partial charge is 0.309 e. The molecule has 2 nitrogen and oxygen atoms in total. The van der Waals surface area contributed by atoms with E-state index < -0.39 is 0 Å². The molecule has 0 atom stereocenters. The molecule has 0 aliphatic carbocycles. The molecule has 0 saturated heterocycles. The van der Waals surface area contributed by atoms with Crippen LogP contribution in [0.25, 0.3) is 60.3 Å². The summed E-state index contributed by atoms with van der Waals surface area (Å²) in [4.78, 5) is 0. The van der Waals surface area contributed by atoms with Gasteiger partial charge in [0.15, 0.2) is 6.20 Å². The summed E-state index contributed by atoms with van der Waals surface area (Å²) in [5.41, 5.74) is 11.7. The van der Waals surface area contributed by atoms with Gasteiger partial charge >= 0.3 is 0 Å². The van der Waals surface area contributed by atoms with Crippen molar-refractivity contribution in [2.45, 2.75) is 27.7 Å². The van der Waals surface area contributed by atoms with Crippen molar-refractivity contribution in [1.82, 2.24) is 4.57 Å². The Hall–Kier alpha value is -4.43. The second kappa shape index (κ2) is 8.29. The zero-order chi connectivity index (χ0) is 26.1. The summed E-state index contributed by atoms with van der Waals surface area (Å²) in [7, 11) is 2.16. The van der Waals surface area contributed by atoms with Gasteiger partial charge in [0.05, 0.1) is 27.7 Å². The fourth-order valence-corrected chi connectivity index (χ4v) is 6.37. The molecule has 2 heterocycles. The van der Waals surface area contributed by atoms with E-state index in [2.05, 4.69) is 141 Å². The van der Waals surface area contributed by atoms with Gasteiger partial charge in [0, 0.05) is 27.6 Å². The van der Waals surface area contributed by atoms with Crippen molar-refractivity contribution in [3.05, 3.63) is 119 Å². The molecule has 0 spiro atoms. The molecule has 2 heteroatoms. The number of hydrogen-bond acceptors (Lipinski definition) is 0. The van der Waals surface area contributed by atoms with Crippen molar-refractivity contribution in [3.8, 4) is 16.9 Å². The number of pyridine rings is 1. The van der Waals surface area contributed by atoms with Gasteiger partial charge in [-0.05, 0) is 85.7 Å². The van der Waals surface area contributed by atoms with Crippen molar-refractivity contribution in [2.24, 2.45) is 7.05 Å². The van der Waals surface area contributed by atoms with Crippen LogP contribution in [-0.2, 0) is 7.05 Å². The first-order valence-corrected chi connectivity index (χ1v) is 13.4. The average Bonchev–Trinajstić information content (AvgIpc) is 3.28. The van der Waals surface area contributed by atoms with Gasteiger partial charge in [0.25, 0.3) is 0 Å². The van der Waals surface area contributed by atoms with Crippen LogP contribution in [0.4, 0.5) is 0 Å². The van der Waals surface area contributed by atoms with E-state index in [4.69, 9.17) is 0 Å². The Morgan fingerprint density at radius 1 is 0.526 bits per heavy atom. The lowest BCUT2D eigenvalue weighted by Crippen LogP contribution is -2.31. The quantitative estimate of drug-likeness (QED) is 0.169. The molecule has 0 aliphatic rings. The lowest BCUT2D eigenvalue weighted by Gasteiger charge is -2.16. The van der Waals surface area contributed by atoms with Gasteiger partial charge in [0.2, 0.25) is 5.69 Å². The number of para-hydroxylation sites is 2. The Labute approximate surface area is 223 Å². The molecule has 184 valence electrons. The highest BCUT2D eigenvalue weighted by atomic mass is 15.0. The number of aromatic nitrogens is 2. The summed E-state index contributed by atoms with van der Waals surface area (Å²) in [6, 6.07) is 33.5. The van der Waals surface area contributed by atoms with Gasteiger partial charge in [-0.15, -0.1) is 0 Å². The molecule has 7 rings (SSSR count). The van der Waals surface area contributed by atoms with E-state index in [0.717, 1.165) is 0 Å².